The van der Waals surface area contributed by atoms with Gasteiger partial charge in [0.25, 0.3) is 11.8 Å². The number of para-hydroxylation sites is 1. The molecule has 30 heavy (non-hydrogen) atoms. The van der Waals surface area contributed by atoms with E-state index in [1.807, 2.05) is 30.3 Å². The Labute approximate surface area is 176 Å². The molecule has 0 unspecified atom stereocenters. The monoisotopic (exact) mass is 410 g/mol. The molecule has 0 radical (unpaired) electrons. The van der Waals surface area contributed by atoms with Crippen LogP contribution in [0.1, 0.15) is 30.1 Å². The minimum atomic E-state index is -0.647. The Morgan fingerprint density at radius 1 is 0.967 bits per heavy atom. The van der Waals surface area contributed by atoms with Crippen LogP contribution in [0.15, 0.2) is 54.6 Å². The molecule has 1 aliphatic heterocycles. The molecule has 7 heteroatoms. The fourth-order valence-electron chi connectivity index (χ4n) is 3.10. The first-order valence-corrected chi connectivity index (χ1v) is 10.1. The van der Waals surface area contributed by atoms with Gasteiger partial charge in [-0.25, -0.2) is 0 Å². The number of carbonyl (C=O) groups is 3. The molecular formula is C23H26N2O5. The van der Waals surface area contributed by atoms with Gasteiger partial charge in [-0.2, -0.15) is 0 Å². The number of nitrogens with zero attached hydrogens (tertiary/aromatic N) is 1. The molecule has 0 atom stereocenters. The summed E-state index contributed by atoms with van der Waals surface area (Å²) in [6.07, 6.45) is 1.93. The standard InChI is InChI=1S/C23H26N2O5/c1-17-11-13-25(14-12-17)21(26)16-29-22(27)15-24-23(28)18-7-9-20(10-8-18)30-19-5-3-2-4-6-19/h2-10,17H,11-16H2,1H3,(H,24,28). The van der Waals surface area contributed by atoms with Gasteiger partial charge in [0.05, 0.1) is 0 Å². The van der Waals surface area contributed by atoms with Crippen LogP contribution in [0.2, 0.25) is 0 Å². The second kappa shape index (κ2) is 10.4. The number of rotatable bonds is 7. The highest BCUT2D eigenvalue weighted by Crippen LogP contribution is 2.21. The highest BCUT2D eigenvalue weighted by molar-refractivity contribution is 5.96. The van der Waals surface area contributed by atoms with E-state index in [-0.39, 0.29) is 19.1 Å². The summed E-state index contributed by atoms with van der Waals surface area (Å²) in [6, 6.07) is 15.9. The number of nitrogens with one attached hydrogen (secondary N) is 1. The lowest BCUT2D eigenvalue weighted by Gasteiger charge is -2.30. The van der Waals surface area contributed by atoms with Gasteiger partial charge in [-0.3, -0.25) is 14.4 Å². The van der Waals surface area contributed by atoms with E-state index in [1.54, 1.807) is 29.2 Å². The smallest absolute Gasteiger partial charge is 0.325 e. The number of carbonyl (C=O) groups excluding carboxylic acids is 3. The van der Waals surface area contributed by atoms with Gasteiger partial charge >= 0.3 is 5.97 Å². The topological polar surface area (TPSA) is 84.9 Å². The highest BCUT2D eigenvalue weighted by Gasteiger charge is 2.21. The first-order chi connectivity index (χ1) is 14.5. The van der Waals surface area contributed by atoms with Crippen LogP contribution in [0.5, 0.6) is 11.5 Å². The molecule has 3 rings (SSSR count). The molecule has 0 bridgehead atoms. The van der Waals surface area contributed by atoms with Crippen LogP contribution >= 0.6 is 0 Å². The number of likely N-dealkylation sites (tertiary alicyclic amines) is 1. The molecular weight excluding hydrogens is 384 g/mol. The highest BCUT2D eigenvalue weighted by atomic mass is 16.5. The van der Waals surface area contributed by atoms with Crippen molar-refractivity contribution < 1.29 is 23.9 Å². The van der Waals surface area contributed by atoms with Gasteiger partial charge in [-0.15, -0.1) is 0 Å². The minimum absolute atomic E-state index is 0.199. The van der Waals surface area contributed by atoms with Crippen molar-refractivity contribution in [1.82, 2.24) is 10.2 Å². The van der Waals surface area contributed by atoms with Gasteiger partial charge in [0.2, 0.25) is 0 Å². The number of esters is 1. The van der Waals surface area contributed by atoms with E-state index >= 15 is 0 Å². The van der Waals surface area contributed by atoms with E-state index in [0.717, 1.165) is 12.8 Å². The SMILES string of the molecule is CC1CCN(C(=O)COC(=O)CNC(=O)c2ccc(Oc3ccccc3)cc2)CC1. The minimum Gasteiger partial charge on any atom is -0.457 e. The molecule has 0 aromatic heterocycles. The van der Waals surface area contributed by atoms with Crippen molar-refractivity contribution in [3.63, 3.8) is 0 Å². The summed E-state index contributed by atoms with van der Waals surface area (Å²) >= 11 is 0. The number of hydrogen-bond donors (Lipinski definition) is 1. The number of piperidine rings is 1. The maximum atomic E-state index is 12.2. The summed E-state index contributed by atoms with van der Waals surface area (Å²) in [5.74, 6) is 0.663. The summed E-state index contributed by atoms with van der Waals surface area (Å²) in [5, 5.41) is 2.50. The Morgan fingerprint density at radius 2 is 1.60 bits per heavy atom. The van der Waals surface area contributed by atoms with Gasteiger partial charge < -0.3 is 19.7 Å². The van der Waals surface area contributed by atoms with Crippen molar-refractivity contribution in [3.05, 3.63) is 60.2 Å². The van der Waals surface area contributed by atoms with Crippen molar-refractivity contribution in [2.75, 3.05) is 26.2 Å². The van der Waals surface area contributed by atoms with Crippen molar-refractivity contribution in [2.24, 2.45) is 5.92 Å². The van der Waals surface area contributed by atoms with E-state index in [9.17, 15) is 14.4 Å². The van der Waals surface area contributed by atoms with Crippen molar-refractivity contribution in [3.8, 4) is 11.5 Å². The Morgan fingerprint density at radius 3 is 2.27 bits per heavy atom. The summed E-state index contributed by atoms with van der Waals surface area (Å²) in [4.78, 5) is 37.8. The Balaban J connectivity index is 1.39. The molecule has 7 nitrogen and oxygen atoms in total. The van der Waals surface area contributed by atoms with E-state index < -0.39 is 11.9 Å². The zero-order valence-electron chi connectivity index (χ0n) is 17.0. The fourth-order valence-corrected chi connectivity index (χ4v) is 3.10. The summed E-state index contributed by atoms with van der Waals surface area (Å²) in [5.41, 5.74) is 0.390. The van der Waals surface area contributed by atoms with Crippen LogP contribution in [0.3, 0.4) is 0 Å². The Bertz CT molecular complexity index is 859. The van der Waals surface area contributed by atoms with E-state index in [2.05, 4.69) is 12.2 Å². The number of benzene rings is 2. The predicted molar refractivity (Wildman–Crippen MR) is 111 cm³/mol. The third-order valence-electron chi connectivity index (χ3n) is 4.98. The van der Waals surface area contributed by atoms with E-state index in [4.69, 9.17) is 9.47 Å². The molecule has 2 aromatic rings. The fraction of sp³-hybridized carbons (Fsp3) is 0.348. The lowest BCUT2D eigenvalue weighted by molar-refractivity contribution is -0.151. The average Bonchev–Trinajstić information content (AvgIpc) is 2.77. The summed E-state index contributed by atoms with van der Waals surface area (Å²) in [6.45, 7) is 2.95. The molecule has 0 aliphatic carbocycles. The van der Waals surface area contributed by atoms with Crippen LogP contribution in [0.25, 0.3) is 0 Å². The van der Waals surface area contributed by atoms with Crippen LogP contribution in [0, 0.1) is 5.92 Å². The Hall–Kier alpha value is -3.35. The van der Waals surface area contributed by atoms with Gasteiger partial charge in [-0.05, 0) is 55.2 Å². The van der Waals surface area contributed by atoms with Gasteiger partial charge in [0, 0.05) is 18.7 Å². The second-order valence-corrected chi connectivity index (χ2v) is 7.35. The van der Waals surface area contributed by atoms with Crippen LogP contribution in [-0.4, -0.2) is 48.9 Å². The number of amides is 2. The van der Waals surface area contributed by atoms with Crippen LogP contribution in [0.4, 0.5) is 0 Å². The van der Waals surface area contributed by atoms with Crippen molar-refractivity contribution >= 4 is 17.8 Å². The molecule has 2 aromatic carbocycles. The first-order valence-electron chi connectivity index (χ1n) is 10.1. The molecule has 0 saturated carbocycles. The molecule has 1 aliphatic rings. The maximum absolute atomic E-state index is 12.2. The number of ether oxygens (including phenoxy) is 2. The molecule has 2 amide bonds. The first kappa shape index (κ1) is 21.4. The normalized spacial score (nSPS) is 14.1. The Kier molecular flexibility index (Phi) is 7.43. The second-order valence-electron chi connectivity index (χ2n) is 7.35. The van der Waals surface area contributed by atoms with Crippen LogP contribution in [-0.2, 0) is 14.3 Å². The lowest BCUT2D eigenvalue weighted by atomic mass is 9.99. The number of hydrogen-bond acceptors (Lipinski definition) is 5. The van der Waals surface area contributed by atoms with E-state index in [1.165, 1.54) is 0 Å². The third-order valence-corrected chi connectivity index (χ3v) is 4.98. The van der Waals surface area contributed by atoms with Gasteiger partial charge in [-0.1, -0.05) is 25.1 Å². The van der Waals surface area contributed by atoms with E-state index in [0.29, 0.717) is 36.1 Å². The summed E-state index contributed by atoms with van der Waals surface area (Å²) < 4.78 is 10.7. The molecule has 0 spiro atoms. The quantitative estimate of drug-likeness (QED) is 0.710. The van der Waals surface area contributed by atoms with Crippen LogP contribution < -0.4 is 10.1 Å². The lowest BCUT2D eigenvalue weighted by Crippen LogP contribution is -2.41. The molecule has 1 heterocycles. The van der Waals surface area contributed by atoms with Crippen molar-refractivity contribution in [1.29, 1.82) is 0 Å². The van der Waals surface area contributed by atoms with Gasteiger partial charge in [0.15, 0.2) is 6.61 Å². The molecule has 1 N–H and O–H groups in total. The molecule has 1 saturated heterocycles. The molecule has 1 fully saturated rings. The summed E-state index contributed by atoms with van der Waals surface area (Å²) in [7, 11) is 0. The largest absolute Gasteiger partial charge is 0.457 e. The molecule has 158 valence electrons. The zero-order chi connectivity index (χ0) is 21.3. The zero-order valence-corrected chi connectivity index (χ0v) is 17.0. The average molecular weight is 410 g/mol. The third kappa shape index (κ3) is 6.34. The van der Waals surface area contributed by atoms with Gasteiger partial charge in [0.1, 0.15) is 18.0 Å². The predicted octanol–water partition coefficient (Wildman–Crippen LogP) is 3.01. The maximum Gasteiger partial charge on any atom is 0.325 e. The van der Waals surface area contributed by atoms with Crippen molar-refractivity contribution in [2.45, 2.75) is 19.8 Å².